The van der Waals surface area contributed by atoms with E-state index in [9.17, 15) is 14.4 Å². The third kappa shape index (κ3) is 2.49. The van der Waals surface area contributed by atoms with Gasteiger partial charge in [0.1, 0.15) is 11.6 Å². The minimum absolute atomic E-state index is 0.0805. The van der Waals surface area contributed by atoms with Crippen LogP contribution in [0.25, 0.3) is 0 Å². The number of hydrogen-bond acceptors (Lipinski definition) is 4. The summed E-state index contributed by atoms with van der Waals surface area (Å²) < 4.78 is 6.49. The van der Waals surface area contributed by atoms with Crippen LogP contribution in [0.5, 0.6) is 0 Å². The van der Waals surface area contributed by atoms with Crippen LogP contribution < -0.4 is 10.6 Å². The normalized spacial score (nSPS) is 43.1. The predicted octanol–water partition coefficient (Wildman–Crippen LogP) is 1.03. The van der Waals surface area contributed by atoms with Crippen molar-refractivity contribution in [2.75, 3.05) is 0 Å². The monoisotopic (exact) mass is 399 g/mol. The summed E-state index contributed by atoms with van der Waals surface area (Å²) in [7, 11) is 0. The van der Waals surface area contributed by atoms with Crippen LogP contribution in [0.4, 0.5) is 0 Å². The third-order valence-corrected chi connectivity index (χ3v) is 7.83. The standard InChI is InChI=1S/C22H29N3O4/c1-21-10-11-22(29-21)16(15(21)18(26)23-13-6-7-13)20(28)25(14-8-9-14)17(22)19(27)24-12-4-2-3-5-12/h10-17H,2-9H2,1H3,(H,23,26)(H,24,27)/t15-,16+,17-,21+,22+/m1/s1. The molecule has 0 aromatic heterocycles. The Morgan fingerprint density at radius 1 is 1.00 bits per heavy atom. The first-order valence-electron chi connectivity index (χ1n) is 11.3. The molecule has 6 aliphatic rings. The van der Waals surface area contributed by atoms with Crippen molar-refractivity contribution in [2.24, 2.45) is 11.8 Å². The molecule has 29 heavy (non-hydrogen) atoms. The van der Waals surface area contributed by atoms with Crippen LogP contribution in [0.2, 0.25) is 0 Å². The summed E-state index contributed by atoms with van der Waals surface area (Å²) in [5.74, 6) is -1.49. The summed E-state index contributed by atoms with van der Waals surface area (Å²) in [5.41, 5.74) is -1.86. The van der Waals surface area contributed by atoms with Crippen LogP contribution in [-0.4, -0.2) is 58.0 Å². The molecule has 0 unspecified atom stereocenters. The highest BCUT2D eigenvalue weighted by Crippen LogP contribution is 2.61. The molecule has 0 radical (unpaired) electrons. The molecule has 2 N–H and O–H groups in total. The number of fused-ring (bicyclic) bond motifs is 1. The lowest BCUT2D eigenvalue weighted by molar-refractivity contribution is -0.145. The van der Waals surface area contributed by atoms with Crippen LogP contribution in [-0.2, 0) is 19.1 Å². The Balaban J connectivity index is 1.36. The average Bonchev–Trinajstić information content (AvgIpc) is 3.56. The largest absolute Gasteiger partial charge is 0.356 e. The molecule has 6 rings (SSSR count). The van der Waals surface area contributed by atoms with Gasteiger partial charge in [0.15, 0.2) is 0 Å². The number of nitrogens with zero attached hydrogens (tertiary/aromatic N) is 1. The minimum Gasteiger partial charge on any atom is -0.356 e. The van der Waals surface area contributed by atoms with Gasteiger partial charge in [-0.2, -0.15) is 0 Å². The maximum absolute atomic E-state index is 13.6. The lowest BCUT2D eigenvalue weighted by Crippen LogP contribution is -2.56. The molecule has 5 fully saturated rings. The number of carbonyl (C=O) groups is 3. The number of ether oxygens (including phenoxy) is 1. The lowest BCUT2D eigenvalue weighted by atomic mass is 9.70. The fourth-order valence-corrected chi connectivity index (χ4v) is 6.18. The van der Waals surface area contributed by atoms with Gasteiger partial charge in [0.25, 0.3) is 0 Å². The van der Waals surface area contributed by atoms with E-state index in [1.54, 1.807) is 4.90 Å². The van der Waals surface area contributed by atoms with Gasteiger partial charge >= 0.3 is 0 Å². The van der Waals surface area contributed by atoms with Crippen LogP contribution in [0.15, 0.2) is 12.2 Å². The van der Waals surface area contributed by atoms with Gasteiger partial charge in [0, 0.05) is 18.1 Å². The van der Waals surface area contributed by atoms with Crippen LogP contribution in [0, 0.1) is 11.8 Å². The number of nitrogens with one attached hydrogen (secondary N) is 2. The summed E-state index contributed by atoms with van der Waals surface area (Å²) in [6, 6.07) is -0.174. The number of likely N-dealkylation sites (tertiary alicyclic amines) is 1. The highest BCUT2D eigenvalue weighted by Gasteiger charge is 2.77. The summed E-state index contributed by atoms with van der Waals surface area (Å²) in [6.07, 6.45) is 11.9. The van der Waals surface area contributed by atoms with Crippen molar-refractivity contribution in [3.05, 3.63) is 12.2 Å². The lowest BCUT2D eigenvalue weighted by Gasteiger charge is -2.33. The Labute approximate surface area is 170 Å². The highest BCUT2D eigenvalue weighted by molar-refractivity contribution is 6.00. The van der Waals surface area contributed by atoms with E-state index in [0.29, 0.717) is 0 Å². The first kappa shape index (κ1) is 17.9. The second-order valence-electron chi connectivity index (χ2n) is 10.1. The first-order chi connectivity index (χ1) is 13.9. The molecule has 0 aromatic carbocycles. The van der Waals surface area contributed by atoms with Crippen molar-refractivity contribution >= 4 is 17.7 Å². The fraction of sp³-hybridized carbons (Fsp3) is 0.773. The molecule has 7 nitrogen and oxygen atoms in total. The van der Waals surface area contributed by atoms with Crippen LogP contribution in [0.1, 0.15) is 58.3 Å². The maximum atomic E-state index is 13.6. The molecule has 3 aliphatic carbocycles. The molecule has 3 heterocycles. The third-order valence-electron chi connectivity index (χ3n) is 7.83. The molecule has 2 saturated heterocycles. The Hall–Kier alpha value is -1.89. The van der Waals surface area contributed by atoms with E-state index in [-0.39, 0.29) is 35.8 Å². The van der Waals surface area contributed by atoms with Crippen molar-refractivity contribution < 1.29 is 19.1 Å². The van der Waals surface area contributed by atoms with E-state index in [1.807, 2.05) is 19.1 Å². The minimum atomic E-state index is -1.03. The fourth-order valence-electron chi connectivity index (χ4n) is 6.18. The van der Waals surface area contributed by atoms with Crippen molar-refractivity contribution in [1.29, 1.82) is 0 Å². The van der Waals surface area contributed by atoms with E-state index in [2.05, 4.69) is 10.6 Å². The predicted molar refractivity (Wildman–Crippen MR) is 104 cm³/mol. The molecule has 1 spiro atoms. The Bertz CT molecular complexity index is 813. The van der Waals surface area contributed by atoms with Crippen molar-refractivity contribution in [2.45, 2.75) is 93.7 Å². The summed E-state index contributed by atoms with van der Waals surface area (Å²) >= 11 is 0. The molecule has 3 aliphatic heterocycles. The molecule has 5 atom stereocenters. The Morgan fingerprint density at radius 2 is 1.66 bits per heavy atom. The summed E-state index contributed by atoms with van der Waals surface area (Å²) in [6.45, 7) is 1.88. The molecule has 0 aromatic rings. The topological polar surface area (TPSA) is 87.7 Å². The molecule has 156 valence electrons. The van der Waals surface area contributed by atoms with Gasteiger partial charge in [0.05, 0.1) is 17.4 Å². The van der Waals surface area contributed by atoms with Gasteiger partial charge in [-0.15, -0.1) is 0 Å². The number of amides is 3. The molecular formula is C22H29N3O4. The second-order valence-corrected chi connectivity index (χ2v) is 10.1. The number of hydrogen-bond donors (Lipinski definition) is 2. The smallest absolute Gasteiger partial charge is 0.246 e. The van der Waals surface area contributed by atoms with E-state index in [0.717, 1.165) is 51.4 Å². The van der Waals surface area contributed by atoms with Crippen molar-refractivity contribution in [3.63, 3.8) is 0 Å². The van der Waals surface area contributed by atoms with Gasteiger partial charge in [-0.25, -0.2) is 0 Å². The quantitative estimate of drug-likeness (QED) is 0.676. The van der Waals surface area contributed by atoms with Crippen molar-refractivity contribution in [1.82, 2.24) is 15.5 Å². The molecular weight excluding hydrogens is 370 g/mol. The van der Waals surface area contributed by atoms with E-state index >= 15 is 0 Å². The van der Waals surface area contributed by atoms with Crippen molar-refractivity contribution in [3.8, 4) is 0 Å². The van der Waals surface area contributed by atoms with Gasteiger partial charge in [-0.3, -0.25) is 14.4 Å². The second kappa shape index (κ2) is 5.84. The number of carbonyl (C=O) groups excluding carboxylic acids is 3. The van der Waals surface area contributed by atoms with Gasteiger partial charge < -0.3 is 20.3 Å². The average molecular weight is 399 g/mol. The summed E-state index contributed by atoms with van der Waals surface area (Å²) in [4.78, 5) is 42.0. The van der Waals surface area contributed by atoms with E-state index in [4.69, 9.17) is 4.74 Å². The van der Waals surface area contributed by atoms with Crippen LogP contribution in [0.3, 0.4) is 0 Å². The Kier molecular flexibility index (Phi) is 3.61. The highest BCUT2D eigenvalue weighted by atomic mass is 16.5. The van der Waals surface area contributed by atoms with Crippen LogP contribution >= 0.6 is 0 Å². The molecule has 3 saturated carbocycles. The Morgan fingerprint density at radius 3 is 2.31 bits per heavy atom. The molecule has 2 bridgehead atoms. The van der Waals surface area contributed by atoms with Gasteiger partial charge in [-0.05, 0) is 45.4 Å². The first-order valence-corrected chi connectivity index (χ1v) is 11.3. The molecule has 7 heteroatoms. The summed E-state index contributed by atoms with van der Waals surface area (Å²) in [5, 5.41) is 6.27. The number of rotatable bonds is 5. The SMILES string of the molecule is C[C@@]12C=C[C@]3(O1)[C@H](C(=O)N(C1CC1)[C@@H]3C(=O)NC1CCCC1)[C@@H]2C(=O)NC1CC1. The van der Waals surface area contributed by atoms with E-state index in [1.165, 1.54) is 0 Å². The molecule has 3 amide bonds. The van der Waals surface area contributed by atoms with E-state index < -0.39 is 29.1 Å². The van der Waals surface area contributed by atoms with Gasteiger partial charge in [0.2, 0.25) is 17.7 Å². The zero-order valence-electron chi connectivity index (χ0n) is 16.9. The zero-order valence-corrected chi connectivity index (χ0v) is 16.9. The maximum Gasteiger partial charge on any atom is 0.246 e. The zero-order chi connectivity index (χ0) is 20.0. The van der Waals surface area contributed by atoms with Gasteiger partial charge in [-0.1, -0.05) is 25.0 Å².